The number of ketones is 1. The van der Waals surface area contributed by atoms with E-state index in [1.54, 1.807) is 20.2 Å². The van der Waals surface area contributed by atoms with Crippen LogP contribution in [0.4, 0.5) is 0 Å². The number of aryl methyl sites for hydroxylation is 1. The highest BCUT2D eigenvalue weighted by Gasteiger charge is 2.42. The molecule has 1 saturated carbocycles. The molecular weight excluding hydrogens is 252 g/mol. The molecule has 2 rings (SSSR count). The van der Waals surface area contributed by atoms with E-state index in [2.05, 4.69) is 23.8 Å². The number of hydrogen-bond donors (Lipinski definition) is 0. The van der Waals surface area contributed by atoms with Crippen molar-refractivity contribution in [3.8, 4) is 0 Å². The number of rotatable bonds is 3. The van der Waals surface area contributed by atoms with E-state index in [-0.39, 0.29) is 5.78 Å². The van der Waals surface area contributed by atoms with Crippen LogP contribution in [0.15, 0.2) is 6.20 Å². The number of hydrogen-bond acceptors (Lipinski definition) is 4. The van der Waals surface area contributed by atoms with Gasteiger partial charge in [-0.2, -0.15) is 0 Å². The quantitative estimate of drug-likeness (QED) is 0.794. The van der Waals surface area contributed by atoms with Crippen molar-refractivity contribution < 1.29 is 9.53 Å². The summed E-state index contributed by atoms with van der Waals surface area (Å²) in [5.41, 5.74) is 1.30. The minimum Gasteiger partial charge on any atom is -0.370 e. The number of carbonyl (C=O) groups excluding carboxylic acids is 1. The minimum absolute atomic E-state index is 0.00490. The average Bonchev–Trinajstić information content (AvgIpc) is 2.39. The summed E-state index contributed by atoms with van der Waals surface area (Å²) in [5, 5.41) is 0. The zero-order valence-corrected chi connectivity index (χ0v) is 13.1. The summed E-state index contributed by atoms with van der Waals surface area (Å²) in [6, 6.07) is 0. The summed E-state index contributed by atoms with van der Waals surface area (Å²) in [6.45, 7) is 7.98. The van der Waals surface area contributed by atoms with Gasteiger partial charge >= 0.3 is 0 Å². The standard InChI is InChI=1S/C16H24N2O2/c1-11-13(12(2)19)10-17-14(18-11)16(20-5)8-6-15(3,4)7-9-16/h10H,6-9H2,1-5H3. The number of aromatic nitrogens is 2. The molecule has 1 aliphatic carbocycles. The Morgan fingerprint density at radius 1 is 1.25 bits per heavy atom. The third kappa shape index (κ3) is 2.75. The van der Waals surface area contributed by atoms with Crippen molar-refractivity contribution in [3.05, 3.63) is 23.3 Å². The Balaban J connectivity index is 2.33. The molecule has 0 atom stereocenters. The summed E-state index contributed by atoms with van der Waals surface area (Å²) in [4.78, 5) is 20.4. The van der Waals surface area contributed by atoms with E-state index < -0.39 is 5.60 Å². The van der Waals surface area contributed by atoms with Crippen LogP contribution in [0.3, 0.4) is 0 Å². The molecule has 0 spiro atoms. The first-order valence-electron chi connectivity index (χ1n) is 7.20. The van der Waals surface area contributed by atoms with Crippen LogP contribution in [-0.4, -0.2) is 22.9 Å². The van der Waals surface area contributed by atoms with Crippen LogP contribution in [0.25, 0.3) is 0 Å². The van der Waals surface area contributed by atoms with Gasteiger partial charge in [-0.25, -0.2) is 9.97 Å². The predicted molar refractivity (Wildman–Crippen MR) is 77.7 cm³/mol. The lowest BCUT2D eigenvalue weighted by molar-refractivity contribution is -0.0730. The zero-order valence-electron chi connectivity index (χ0n) is 13.1. The van der Waals surface area contributed by atoms with Crippen molar-refractivity contribution >= 4 is 5.78 Å². The molecule has 0 aliphatic heterocycles. The fourth-order valence-electron chi connectivity index (χ4n) is 2.88. The first-order chi connectivity index (χ1) is 9.30. The molecular formula is C16H24N2O2. The lowest BCUT2D eigenvalue weighted by Gasteiger charge is -2.41. The average molecular weight is 276 g/mol. The van der Waals surface area contributed by atoms with Crippen LogP contribution < -0.4 is 0 Å². The zero-order chi connectivity index (χ0) is 15.0. The van der Waals surface area contributed by atoms with E-state index in [1.165, 1.54) is 0 Å². The summed E-state index contributed by atoms with van der Waals surface area (Å²) < 4.78 is 5.80. The van der Waals surface area contributed by atoms with E-state index in [4.69, 9.17) is 4.74 Å². The monoisotopic (exact) mass is 276 g/mol. The summed E-state index contributed by atoms with van der Waals surface area (Å²) in [5.74, 6) is 0.725. The van der Waals surface area contributed by atoms with Gasteiger partial charge in [0, 0.05) is 13.3 Å². The third-order valence-corrected chi connectivity index (χ3v) is 4.57. The molecule has 1 fully saturated rings. The molecule has 1 aliphatic rings. The van der Waals surface area contributed by atoms with Gasteiger partial charge in [0.2, 0.25) is 0 Å². The largest absolute Gasteiger partial charge is 0.370 e. The minimum atomic E-state index is -0.393. The lowest BCUT2D eigenvalue weighted by atomic mass is 9.70. The normalized spacial score (nSPS) is 20.6. The molecule has 20 heavy (non-hydrogen) atoms. The van der Waals surface area contributed by atoms with Gasteiger partial charge in [0.05, 0.1) is 11.3 Å². The fraction of sp³-hybridized carbons (Fsp3) is 0.688. The number of carbonyl (C=O) groups is 1. The second kappa shape index (κ2) is 5.24. The molecule has 4 heteroatoms. The van der Waals surface area contributed by atoms with E-state index in [0.29, 0.717) is 11.0 Å². The molecule has 4 nitrogen and oxygen atoms in total. The van der Waals surface area contributed by atoms with Crippen LogP contribution in [0.2, 0.25) is 0 Å². The molecule has 0 amide bonds. The van der Waals surface area contributed by atoms with E-state index in [9.17, 15) is 4.79 Å². The van der Waals surface area contributed by atoms with Crippen LogP contribution >= 0.6 is 0 Å². The molecule has 0 bridgehead atoms. The Kier molecular flexibility index (Phi) is 3.96. The van der Waals surface area contributed by atoms with Gasteiger partial charge in [-0.05, 0) is 44.9 Å². The van der Waals surface area contributed by atoms with Crippen LogP contribution in [0.5, 0.6) is 0 Å². The van der Waals surface area contributed by atoms with Crippen molar-refractivity contribution in [3.63, 3.8) is 0 Å². The fourth-order valence-corrected chi connectivity index (χ4v) is 2.88. The van der Waals surface area contributed by atoms with Crippen molar-refractivity contribution in [1.29, 1.82) is 0 Å². The lowest BCUT2D eigenvalue weighted by Crippen LogP contribution is -2.38. The summed E-state index contributed by atoms with van der Waals surface area (Å²) in [6.07, 6.45) is 5.68. The second-order valence-electron chi connectivity index (χ2n) is 6.61. The van der Waals surface area contributed by atoms with Crippen molar-refractivity contribution in [2.45, 2.75) is 59.0 Å². The highest BCUT2D eigenvalue weighted by Crippen LogP contribution is 2.46. The van der Waals surface area contributed by atoms with Crippen molar-refractivity contribution in [2.75, 3.05) is 7.11 Å². The van der Waals surface area contributed by atoms with Crippen molar-refractivity contribution in [1.82, 2.24) is 9.97 Å². The molecule has 1 heterocycles. The third-order valence-electron chi connectivity index (χ3n) is 4.57. The highest BCUT2D eigenvalue weighted by molar-refractivity contribution is 5.94. The SMILES string of the molecule is COC1(c2ncc(C(C)=O)c(C)n2)CCC(C)(C)CC1. The number of methoxy groups -OCH3 is 1. The maximum Gasteiger partial charge on any atom is 0.163 e. The van der Waals surface area contributed by atoms with Gasteiger partial charge in [0.1, 0.15) is 5.60 Å². The molecule has 0 radical (unpaired) electrons. The Labute approximate surface area is 121 Å². The number of Topliss-reactive ketones (excluding diaryl/α,β-unsaturated/α-hetero) is 1. The molecule has 0 saturated heterocycles. The van der Waals surface area contributed by atoms with E-state index in [1.807, 2.05) is 6.92 Å². The molecule has 0 unspecified atom stereocenters. The Bertz CT molecular complexity index is 513. The second-order valence-corrected chi connectivity index (χ2v) is 6.61. The van der Waals surface area contributed by atoms with Crippen LogP contribution in [-0.2, 0) is 10.3 Å². The van der Waals surface area contributed by atoms with Gasteiger partial charge in [-0.15, -0.1) is 0 Å². The molecule has 1 aromatic rings. The van der Waals surface area contributed by atoms with Crippen LogP contribution in [0.1, 0.15) is 68.3 Å². The molecule has 0 N–H and O–H groups in total. The summed E-state index contributed by atoms with van der Waals surface area (Å²) in [7, 11) is 1.73. The first-order valence-corrected chi connectivity index (χ1v) is 7.20. The van der Waals surface area contributed by atoms with Gasteiger partial charge in [-0.1, -0.05) is 13.8 Å². The summed E-state index contributed by atoms with van der Waals surface area (Å²) >= 11 is 0. The Morgan fingerprint density at radius 3 is 2.30 bits per heavy atom. The molecule has 1 aromatic heterocycles. The number of nitrogens with zero attached hydrogens (tertiary/aromatic N) is 2. The van der Waals surface area contributed by atoms with Gasteiger partial charge in [0.25, 0.3) is 0 Å². The first kappa shape index (κ1) is 15.1. The predicted octanol–water partition coefficient (Wildman–Crippen LogP) is 3.43. The molecule has 110 valence electrons. The van der Waals surface area contributed by atoms with E-state index >= 15 is 0 Å². The molecule has 0 aromatic carbocycles. The Hall–Kier alpha value is -1.29. The Morgan fingerprint density at radius 2 is 1.85 bits per heavy atom. The van der Waals surface area contributed by atoms with Gasteiger partial charge in [0.15, 0.2) is 11.6 Å². The number of ether oxygens (including phenoxy) is 1. The maximum absolute atomic E-state index is 11.5. The van der Waals surface area contributed by atoms with E-state index in [0.717, 1.165) is 37.2 Å². The van der Waals surface area contributed by atoms with Crippen LogP contribution in [0, 0.1) is 12.3 Å². The maximum atomic E-state index is 11.5. The van der Waals surface area contributed by atoms with Gasteiger partial charge < -0.3 is 4.74 Å². The van der Waals surface area contributed by atoms with Crippen molar-refractivity contribution in [2.24, 2.45) is 5.41 Å². The smallest absolute Gasteiger partial charge is 0.163 e. The topological polar surface area (TPSA) is 52.1 Å². The van der Waals surface area contributed by atoms with Gasteiger partial charge in [-0.3, -0.25) is 4.79 Å². The highest BCUT2D eigenvalue weighted by atomic mass is 16.5.